The molecule has 1 aliphatic carbocycles. The average Bonchev–Trinajstić information content (AvgIpc) is 2.37. The van der Waals surface area contributed by atoms with Crippen LogP contribution in [0.4, 0.5) is 4.39 Å². The van der Waals surface area contributed by atoms with Crippen molar-refractivity contribution in [2.45, 2.75) is 49.5 Å². The van der Waals surface area contributed by atoms with E-state index in [0.29, 0.717) is 0 Å². The lowest BCUT2D eigenvalue weighted by molar-refractivity contribution is 0.606. The van der Waals surface area contributed by atoms with Crippen LogP contribution in [0.2, 0.25) is 0 Å². The van der Waals surface area contributed by atoms with Crippen LogP contribution in [-0.4, -0.2) is 11.8 Å². The van der Waals surface area contributed by atoms with E-state index in [1.54, 1.807) is 11.8 Å². The van der Waals surface area contributed by atoms with Gasteiger partial charge in [0.1, 0.15) is 5.82 Å². The lowest BCUT2D eigenvalue weighted by atomic mass is 9.96. The van der Waals surface area contributed by atoms with E-state index in [1.807, 2.05) is 12.1 Å². The minimum atomic E-state index is -0.184. The molecule has 0 spiro atoms. The lowest BCUT2D eigenvalue weighted by Gasteiger charge is -2.18. The molecule has 2 rings (SSSR count). The highest BCUT2D eigenvalue weighted by Crippen LogP contribution is 2.24. The van der Waals surface area contributed by atoms with E-state index in [9.17, 15) is 4.39 Å². The van der Waals surface area contributed by atoms with Gasteiger partial charge in [-0.1, -0.05) is 24.5 Å². The summed E-state index contributed by atoms with van der Waals surface area (Å²) >= 11 is 1.71. The normalized spacial score (nSPS) is 21.1. The van der Waals surface area contributed by atoms with Crippen molar-refractivity contribution in [2.75, 3.05) is 5.75 Å². The third-order valence-electron chi connectivity index (χ3n) is 3.55. The van der Waals surface area contributed by atoms with Crippen LogP contribution in [0.5, 0.6) is 0 Å². The van der Waals surface area contributed by atoms with Crippen LogP contribution in [0.1, 0.15) is 38.5 Å². The maximum absolute atomic E-state index is 12.8. The number of hydrogen-bond donors (Lipinski definition) is 1. The fraction of sp³-hybridized carbons (Fsp3) is 0.500. The largest absolute Gasteiger partial charge is 0.324 e. The van der Waals surface area contributed by atoms with Crippen molar-refractivity contribution in [3.05, 3.63) is 41.7 Å². The monoisotopic (exact) mass is 279 g/mol. The molecule has 0 radical (unpaired) electrons. The number of allylic oxidation sites excluding steroid dienone is 1. The van der Waals surface area contributed by atoms with Gasteiger partial charge >= 0.3 is 0 Å². The fourth-order valence-electron chi connectivity index (χ4n) is 2.38. The molecule has 0 amide bonds. The first-order valence-corrected chi connectivity index (χ1v) is 8.07. The third kappa shape index (κ3) is 5.00. The standard InChI is InChI=1S/C16H22FNS/c17-14-8-10-15(11-9-14)19-12-16(18)13-6-4-2-1-3-5-7-13/h6,8-11,16H,1-5,7,12,18H2/b13-6+. The number of benzene rings is 1. The third-order valence-corrected chi connectivity index (χ3v) is 4.68. The molecule has 0 saturated heterocycles. The molecular weight excluding hydrogens is 257 g/mol. The van der Waals surface area contributed by atoms with E-state index in [1.165, 1.54) is 49.8 Å². The maximum atomic E-state index is 12.8. The Morgan fingerprint density at radius 1 is 1.11 bits per heavy atom. The topological polar surface area (TPSA) is 26.0 Å². The second kappa shape index (κ2) is 7.71. The van der Waals surface area contributed by atoms with Gasteiger partial charge in [-0.25, -0.2) is 4.39 Å². The lowest BCUT2D eigenvalue weighted by Crippen LogP contribution is -2.25. The summed E-state index contributed by atoms with van der Waals surface area (Å²) in [6.45, 7) is 0. The Kier molecular flexibility index (Phi) is 5.93. The van der Waals surface area contributed by atoms with Crippen molar-refractivity contribution in [3.8, 4) is 0 Å². The number of rotatable bonds is 4. The zero-order chi connectivity index (χ0) is 13.5. The van der Waals surface area contributed by atoms with Gasteiger partial charge in [0.25, 0.3) is 0 Å². The molecule has 1 atom stereocenters. The van der Waals surface area contributed by atoms with Gasteiger partial charge in [-0.05, 0) is 49.9 Å². The van der Waals surface area contributed by atoms with Crippen molar-refractivity contribution in [1.29, 1.82) is 0 Å². The highest BCUT2D eigenvalue weighted by Gasteiger charge is 2.11. The predicted octanol–water partition coefficient (Wildman–Crippen LogP) is 4.53. The molecule has 1 aromatic carbocycles. The highest BCUT2D eigenvalue weighted by atomic mass is 32.2. The molecule has 0 fully saturated rings. The van der Waals surface area contributed by atoms with Gasteiger partial charge in [-0.15, -0.1) is 11.8 Å². The van der Waals surface area contributed by atoms with Crippen molar-refractivity contribution in [2.24, 2.45) is 5.73 Å². The zero-order valence-electron chi connectivity index (χ0n) is 11.3. The first-order valence-electron chi connectivity index (χ1n) is 7.08. The molecule has 104 valence electrons. The first-order chi connectivity index (χ1) is 9.25. The molecule has 19 heavy (non-hydrogen) atoms. The summed E-state index contributed by atoms with van der Waals surface area (Å²) in [5, 5.41) is 0. The second-order valence-corrected chi connectivity index (χ2v) is 6.20. The van der Waals surface area contributed by atoms with Crippen LogP contribution >= 0.6 is 11.8 Å². The molecule has 1 aromatic rings. The van der Waals surface area contributed by atoms with Crippen LogP contribution in [-0.2, 0) is 0 Å². The summed E-state index contributed by atoms with van der Waals surface area (Å²) in [4.78, 5) is 1.09. The number of nitrogens with two attached hydrogens (primary N) is 1. The number of hydrogen-bond acceptors (Lipinski definition) is 2. The summed E-state index contributed by atoms with van der Waals surface area (Å²) in [7, 11) is 0. The van der Waals surface area contributed by atoms with Gasteiger partial charge in [0.15, 0.2) is 0 Å². The average molecular weight is 279 g/mol. The maximum Gasteiger partial charge on any atom is 0.123 e. The number of thioether (sulfide) groups is 1. The van der Waals surface area contributed by atoms with Crippen molar-refractivity contribution >= 4 is 11.8 Å². The van der Waals surface area contributed by atoms with Gasteiger partial charge in [0.05, 0.1) is 0 Å². The van der Waals surface area contributed by atoms with E-state index in [4.69, 9.17) is 5.73 Å². The Balaban J connectivity index is 1.85. The Labute approximate surface area is 119 Å². The van der Waals surface area contributed by atoms with Gasteiger partial charge in [0.2, 0.25) is 0 Å². The highest BCUT2D eigenvalue weighted by molar-refractivity contribution is 7.99. The van der Waals surface area contributed by atoms with Crippen LogP contribution < -0.4 is 5.73 Å². The van der Waals surface area contributed by atoms with Crippen molar-refractivity contribution < 1.29 is 4.39 Å². The molecule has 1 aliphatic rings. The van der Waals surface area contributed by atoms with Crippen LogP contribution in [0.15, 0.2) is 40.8 Å². The fourth-order valence-corrected chi connectivity index (χ4v) is 3.29. The smallest absolute Gasteiger partial charge is 0.123 e. The predicted molar refractivity (Wildman–Crippen MR) is 80.9 cm³/mol. The summed E-state index contributed by atoms with van der Waals surface area (Å²) < 4.78 is 12.8. The molecule has 1 unspecified atom stereocenters. The Bertz CT molecular complexity index is 413. The summed E-state index contributed by atoms with van der Waals surface area (Å²) in [6.07, 6.45) is 9.89. The minimum Gasteiger partial charge on any atom is -0.324 e. The van der Waals surface area contributed by atoms with Gasteiger partial charge in [-0.3, -0.25) is 0 Å². The summed E-state index contributed by atoms with van der Waals surface area (Å²) in [5.74, 6) is 0.689. The SMILES string of the molecule is NC(CSc1ccc(F)cc1)/C1=C/CCCCCC1. The Morgan fingerprint density at radius 2 is 1.84 bits per heavy atom. The molecule has 0 saturated carbocycles. The molecule has 0 aliphatic heterocycles. The molecule has 0 heterocycles. The molecule has 2 N–H and O–H groups in total. The quantitative estimate of drug-likeness (QED) is 0.647. The van der Waals surface area contributed by atoms with Crippen molar-refractivity contribution in [1.82, 2.24) is 0 Å². The minimum absolute atomic E-state index is 0.133. The van der Waals surface area contributed by atoms with E-state index in [2.05, 4.69) is 6.08 Å². The second-order valence-electron chi connectivity index (χ2n) is 5.10. The summed E-state index contributed by atoms with van der Waals surface area (Å²) in [5.41, 5.74) is 7.69. The molecule has 0 bridgehead atoms. The molecule has 0 aromatic heterocycles. The van der Waals surface area contributed by atoms with Crippen LogP contribution in [0.25, 0.3) is 0 Å². The van der Waals surface area contributed by atoms with Crippen molar-refractivity contribution in [3.63, 3.8) is 0 Å². The van der Waals surface area contributed by atoms with E-state index >= 15 is 0 Å². The van der Waals surface area contributed by atoms with E-state index in [0.717, 1.165) is 17.1 Å². The first kappa shape index (κ1) is 14.6. The molecular formula is C16H22FNS. The van der Waals surface area contributed by atoms with Gasteiger partial charge in [0, 0.05) is 16.7 Å². The Hall–Kier alpha value is -0.800. The summed E-state index contributed by atoms with van der Waals surface area (Å²) in [6, 6.07) is 6.78. The van der Waals surface area contributed by atoms with Gasteiger partial charge < -0.3 is 5.73 Å². The van der Waals surface area contributed by atoms with Gasteiger partial charge in [-0.2, -0.15) is 0 Å². The zero-order valence-corrected chi connectivity index (χ0v) is 12.1. The van der Waals surface area contributed by atoms with Crippen LogP contribution in [0.3, 0.4) is 0 Å². The molecule has 1 nitrogen and oxygen atoms in total. The van der Waals surface area contributed by atoms with E-state index < -0.39 is 0 Å². The molecule has 3 heteroatoms. The Morgan fingerprint density at radius 3 is 2.63 bits per heavy atom. The van der Waals surface area contributed by atoms with Crippen LogP contribution in [0, 0.1) is 5.82 Å². The number of halogens is 1. The van der Waals surface area contributed by atoms with E-state index in [-0.39, 0.29) is 11.9 Å².